The molecule has 144 valence electrons. The van der Waals surface area contributed by atoms with Crippen LogP contribution in [0.3, 0.4) is 0 Å². The van der Waals surface area contributed by atoms with E-state index >= 15 is 0 Å². The molecular weight excluding hydrogens is 337 g/mol. The molecule has 1 heterocycles. The zero-order valence-corrected chi connectivity index (χ0v) is 16.2. The molecule has 1 aromatic rings. The predicted octanol–water partition coefficient (Wildman–Crippen LogP) is 3.91. The average molecular weight is 365 g/mol. The second-order valence-electron chi connectivity index (χ2n) is 7.88. The Kier molecular flexibility index (Phi) is 6.19. The van der Waals surface area contributed by atoms with Gasteiger partial charge in [-0.3, -0.25) is 9.63 Å². The number of ketones is 1. The van der Waals surface area contributed by atoms with E-state index in [1.807, 2.05) is 27.7 Å². The number of nitrogens with zero attached hydrogens (tertiary/aromatic N) is 1. The first-order valence-electron chi connectivity index (χ1n) is 9.02. The topological polar surface area (TPSA) is 55.8 Å². The monoisotopic (exact) mass is 365 g/mol. The molecule has 1 atom stereocenters. The highest BCUT2D eigenvalue weighted by Gasteiger charge is 2.46. The Morgan fingerprint density at radius 1 is 1.12 bits per heavy atom. The highest BCUT2D eigenvalue weighted by molar-refractivity contribution is 6.11. The van der Waals surface area contributed by atoms with E-state index in [9.17, 15) is 14.0 Å². The summed E-state index contributed by atoms with van der Waals surface area (Å²) in [5.74, 6) is -1.73. The Hall–Kier alpha value is -1.79. The van der Waals surface area contributed by atoms with E-state index in [-0.39, 0.29) is 23.2 Å². The number of benzene rings is 1. The van der Waals surface area contributed by atoms with Crippen molar-refractivity contribution in [1.82, 2.24) is 5.06 Å². The van der Waals surface area contributed by atoms with Crippen molar-refractivity contribution in [2.75, 3.05) is 6.61 Å². The van der Waals surface area contributed by atoms with Crippen molar-refractivity contribution >= 4 is 11.8 Å². The summed E-state index contributed by atoms with van der Waals surface area (Å²) in [5.41, 5.74) is -0.470. The molecule has 1 aliphatic rings. The summed E-state index contributed by atoms with van der Waals surface area (Å²) in [6, 6.07) is 5.06. The summed E-state index contributed by atoms with van der Waals surface area (Å²) >= 11 is 0. The maximum Gasteiger partial charge on any atom is 0.345 e. The molecule has 5 nitrogen and oxygen atoms in total. The molecule has 0 spiro atoms. The molecule has 0 bridgehead atoms. The van der Waals surface area contributed by atoms with Crippen LogP contribution in [0.2, 0.25) is 0 Å². The van der Waals surface area contributed by atoms with Gasteiger partial charge in [0.15, 0.2) is 0 Å². The zero-order chi connectivity index (χ0) is 19.5. The quantitative estimate of drug-likeness (QED) is 0.435. The summed E-state index contributed by atoms with van der Waals surface area (Å²) in [4.78, 5) is 31.3. The first-order valence-corrected chi connectivity index (χ1v) is 9.02. The minimum absolute atomic E-state index is 0.141. The molecule has 1 saturated heterocycles. The van der Waals surface area contributed by atoms with Crippen molar-refractivity contribution in [3.63, 3.8) is 0 Å². The molecule has 0 saturated carbocycles. The third-order valence-corrected chi connectivity index (χ3v) is 4.76. The summed E-state index contributed by atoms with van der Waals surface area (Å²) in [6.45, 7) is 9.92. The Bertz CT molecular complexity index is 638. The number of hydrogen-bond donors (Lipinski definition) is 0. The van der Waals surface area contributed by atoms with Gasteiger partial charge in [-0.1, -0.05) is 0 Å². The van der Waals surface area contributed by atoms with Gasteiger partial charge in [0.05, 0.1) is 6.61 Å². The Labute approximate surface area is 154 Å². The standard InChI is InChI=1S/C20H28FNO4/c1-6-25-18(24)17(16(23)14-8-10-15(21)11-9-14)26-22-19(2,3)12-7-13-20(22,4)5/h8-11,17H,6-7,12-13H2,1-5H3/t17-/m1/s1. The minimum Gasteiger partial charge on any atom is -0.464 e. The van der Waals surface area contributed by atoms with Crippen LogP contribution in [0.15, 0.2) is 24.3 Å². The van der Waals surface area contributed by atoms with Crippen molar-refractivity contribution in [3.05, 3.63) is 35.6 Å². The number of Topliss-reactive ketones (excluding diaryl/α,β-unsaturated/α-hetero) is 1. The molecule has 0 amide bonds. The lowest BCUT2D eigenvalue weighted by molar-refractivity contribution is -0.293. The maximum absolute atomic E-state index is 13.2. The smallest absolute Gasteiger partial charge is 0.345 e. The number of piperidine rings is 1. The van der Waals surface area contributed by atoms with Crippen LogP contribution in [0.5, 0.6) is 0 Å². The molecule has 0 aromatic heterocycles. The number of halogens is 1. The molecular formula is C20H28FNO4. The molecule has 2 rings (SSSR count). The molecule has 1 aromatic carbocycles. The van der Waals surface area contributed by atoms with Crippen molar-refractivity contribution < 1.29 is 23.6 Å². The van der Waals surface area contributed by atoms with E-state index in [4.69, 9.17) is 9.57 Å². The molecule has 0 aliphatic carbocycles. The second-order valence-corrected chi connectivity index (χ2v) is 7.88. The van der Waals surface area contributed by atoms with E-state index in [0.717, 1.165) is 19.3 Å². The molecule has 0 radical (unpaired) electrons. The third kappa shape index (κ3) is 4.48. The summed E-state index contributed by atoms with van der Waals surface area (Å²) in [6.07, 6.45) is 1.39. The minimum atomic E-state index is -1.42. The van der Waals surface area contributed by atoms with Gasteiger partial charge in [0.25, 0.3) is 0 Å². The SMILES string of the molecule is CCOC(=O)[C@H](ON1C(C)(C)CCCC1(C)C)C(=O)c1ccc(F)cc1. The third-order valence-electron chi connectivity index (χ3n) is 4.76. The normalized spacial score (nSPS) is 20.4. The van der Waals surface area contributed by atoms with Crippen molar-refractivity contribution in [2.45, 2.75) is 71.1 Å². The van der Waals surface area contributed by atoms with Crippen LogP contribution in [0, 0.1) is 5.82 Å². The predicted molar refractivity (Wildman–Crippen MR) is 96.1 cm³/mol. The Morgan fingerprint density at radius 3 is 2.15 bits per heavy atom. The van der Waals surface area contributed by atoms with Gasteiger partial charge in [0, 0.05) is 16.6 Å². The Balaban J connectivity index is 2.33. The van der Waals surface area contributed by atoms with Crippen LogP contribution in [-0.2, 0) is 14.4 Å². The van der Waals surface area contributed by atoms with Crippen molar-refractivity contribution in [3.8, 4) is 0 Å². The zero-order valence-electron chi connectivity index (χ0n) is 16.2. The lowest BCUT2D eigenvalue weighted by Crippen LogP contribution is -2.60. The molecule has 1 aliphatic heterocycles. The number of ether oxygens (including phenoxy) is 1. The number of rotatable bonds is 6. The lowest BCUT2D eigenvalue weighted by atomic mass is 9.82. The number of hydroxylamine groups is 2. The Morgan fingerprint density at radius 2 is 1.65 bits per heavy atom. The first kappa shape index (κ1) is 20.5. The molecule has 6 heteroatoms. The van der Waals surface area contributed by atoms with Gasteiger partial charge >= 0.3 is 5.97 Å². The van der Waals surface area contributed by atoms with E-state index in [1.54, 1.807) is 12.0 Å². The number of carbonyl (C=O) groups excluding carboxylic acids is 2. The van der Waals surface area contributed by atoms with Gasteiger partial charge in [-0.05, 0) is 78.1 Å². The van der Waals surface area contributed by atoms with E-state index < -0.39 is 23.7 Å². The fourth-order valence-corrected chi connectivity index (χ4v) is 3.55. The first-order chi connectivity index (χ1) is 12.1. The van der Waals surface area contributed by atoms with Gasteiger partial charge in [0.2, 0.25) is 11.9 Å². The van der Waals surface area contributed by atoms with E-state index in [0.29, 0.717) is 0 Å². The van der Waals surface area contributed by atoms with E-state index in [2.05, 4.69) is 0 Å². The van der Waals surface area contributed by atoms with Gasteiger partial charge < -0.3 is 4.74 Å². The van der Waals surface area contributed by atoms with Gasteiger partial charge in [-0.25, -0.2) is 9.18 Å². The van der Waals surface area contributed by atoms with Gasteiger partial charge in [0.1, 0.15) is 5.82 Å². The van der Waals surface area contributed by atoms with Crippen LogP contribution in [0.1, 0.15) is 64.2 Å². The van der Waals surface area contributed by atoms with Crippen molar-refractivity contribution in [2.24, 2.45) is 0 Å². The summed E-state index contributed by atoms with van der Waals surface area (Å²) < 4.78 is 18.2. The molecule has 1 fully saturated rings. The fraction of sp³-hybridized carbons (Fsp3) is 0.600. The fourth-order valence-electron chi connectivity index (χ4n) is 3.55. The van der Waals surface area contributed by atoms with E-state index in [1.165, 1.54) is 24.3 Å². The van der Waals surface area contributed by atoms with Gasteiger partial charge in [-0.2, -0.15) is 5.06 Å². The maximum atomic E-state index is 13.2. The molecule has 0 N–H and O–H groups in total. The number of carbonyl (C=O) groups is 2. The summed E-state index contributed by atoms with van der Waals surface area (Å²) in [5, 5.41) is 1.76. The molecule has 0 unspecified atom stereocenters. The van der Waals surface area contributed by atoms with Crippen LogP contribution >= 0.6 is 0 Å². The van der Waals surface area contributed by atoms with Crippen LogP contribution in [-0.4, -0.2) is 40.6 Å². The highest BCUT2D eigenvalue weighted by Crippen LogP contribution is 2.39. The number of esters is 1. The van der Waals surface area contributed by atoms with Crippen LogP contribution in [0.4, 0.5) is 4.39 Å². The number of hydrogen-bond acceptors (Lipinski definition) is 5. The van der Waals surface area contributed by atoms with Crippen LogP contribution < -0.4 is 0 Å². The molecule has 26 heavy (non-hydrogen) atoms. The summed E-state index contributed by atoms with van der Waals surface area (Å²) in [7, 11) is 0. The van der Waals surface area contributed by atoms with Crippen LogP contribution in [0.25, 0.3) is 0 Å². The van der Waals surface area contributed by atoms with Gasteiger partial charge in [-0.15, -0.1) is 0 Å². The van der Waals surface area contributed by atoms with Crippen molar-refractivity contribution in [1.29, 1.82) is 0 Å². The lowest BCUT2D eigenvalue weighted by Gasteiger charge is -2.51. The average Bonchev–Trinajstić information content (AvgIpc) is 2.54. The second kappa shape index (κ2) is 7.84. The largest absolute Gasteiger partial charge is 0.464 e. The highest BCUT2D eigenvalue weighted by atomic mass is 19.1.